The first-order valence-electron chi connectivity index (χ1n) is 7.95. The standard InChI is InChI=1S/C17H18ClN5O2/c18-14-4-2-1-3-13(14)10-19-17(25)15-9-16(21-11-20-15)23-7-5-22(12-24)6-8-23/h1-4,9,11-12H,5-8,10H2,(H,19,25). The van der Waals surface area contributed by atoms with Crippen molar-refractivity contribution in [2.24, 2.45) is 0 Å². The molecule has 1 aromatic carbocycles. The Hall–Kier alpha value is -2.67. The van der Waals surface area contributed by atoms with E-state index in [9.17, 15) is 9.59 Å². The smallest absolute Gasteiger partial charge is 0.270 e. The maximum Gasteiger partial charge on any atom is 0.270 e. The molecule has 1 fully saturated rings. The number of aromatic nitrogens is 2. The van der Waals surface area contributed by atoms with Crippen molar-refractivity contribution in [3.63, 3.8) is 0 Å². The SMILES string of the molecule is O=CN1CCN(c2cc(C(=O)NCc3ccccc3Cl)ncn2)CC1. The van der Waals surface area contributed by atoms with Crippen LogP contribution >= 0.6 is 11.6 Å². The summed E-state index contributed by atoms with van der Waals surface area (Å²) < 4.78 is 0. The van der Waals surface area contributed by atoms with E-state index < -0.39 is 0 Å². The number of halogens is 1. The van der Waals surface area contributed by atoms with Gasteiger partial charge in [-0.05, 0) is 11.6 Å². The van der Waals surface area contributed by atoms with E-state index in [4.69, 9.17) is 11.6 Å². The largest absolute Gasteiger partial charge is 0.353 e. The van der Waals surface area contributed by atoms with Crippen molar-refractivity contribution in [2.45, 2.75) is 6.54 Å². The minimum atomic E-state index is -0.282. The van der Waals surface area contributed by atoms with Crippen LogP contribution in [-0.4, -0.2) is 53.4 Å². The Kier molecular flexibility index (Phi) is 5.45. The van der Waals surface area contributed by atoms with Gasteiger partial charge in [0.1, 0.15) is 17.8 Å². The van der Waals surface area contributed by atoms with Crippen molar-refractivity contribution in [3.8, 4) is 0 Å². The molecule has 2 amide bonds. The Labute approximate surface area is 150 Å². The first-order valence-corrected chi connectivity index (χ1v) is 8.33. The van der Waals surface area contributed by atoms with E-state index in [0.29, 0.717) is 49.3 Å². The predicted molar refractivity (Wildman–Crippen MR) is 94.5 cm³/mol. The number of carbonyl (C=O) groups is 2. The number of anilines is 1. The van der Waals surface area contributed by atoms with Gasteiger partial charge in [0.2, 0.25) is 6.41 Å². The van der Waals surface area contributed by atoms with Gasteiger partial charge in [0.15, 0.2) is 0 Å². The van der Waals surface area contributed by atoms with Crippen molar-refractivity contribution < 1.29 is 9.59 Å². The van der Waals surface area contributed by atoms with Crippen LogP contribution in [0, 0.1) is 0 Å². The molecule has 1 aliphatic heterocycles. The third-order valence-electron chi connectivity index (χ3n) is 4.07. The van der Waals surface area contributed by atoms with E-state index in [2.05, 4.69) is 15.3 Å². The molecule has 1 aliphatic rings. The average molecular weight is 360 g/mol. The van der Waals surface area contributed by atoms with Crippen molar-refractivity contribution in [1.29, 1.82) is 0 Å². The summed E-state index contributed by atoms with van der Waals surface area (Å²) in [7, 11) is 0. The Bertz CT molecular complexity index is 762. The van der Waals surface area contributed by atoms with E-state index >= 15 is 0 Å². The van der Waals surface area contributed by atoms with Gasteiger partial charge in [-0.15, -0.1) is 0 Å². The number of piperazine rings is 1. The second kappa shape index (κ2) is 7.94. The van der Waals surface area contributed by atoms with Gasteiger partial charge in [-0.25, -0.2) is 9.97 Å². The molecule has 2 heterocycles. The molecule has 1 saturated heterocycles. The minimum Gasteiger partial charge on any atom is -0.353 e. The highest BCUT2D eigenvalue weighted by atomic mass is 35.5. The number of nitrogens with zero attached hydrogens (tertiary/aromatic N) is 4. The number of amides is 2. The summed E-state index contributed by atoms with van der Waals surface area (Å²) in [5.41, 5.74) is 1.15. The predicted octanol–water partition coefficient (Wildman–Crippen LogP) is 1.34. The summed E-state index contributed by atoms with van der Waals surface area (Å²) in [5.74, 6) is 0.401. The molecule has 0 atom stereocenters. The second-order valence-electron chi connectivity index (χ2n) is 5.66. The molecule has 0 unspecified atom stereocenters. The normalized spacial score (nSPS) is 14.3. The quantitative estimate of drug-likeness (QED) is 0.815. The van der Waals surface area contributed by atoms with Crippen LogP contribution in [0.5, 0.6) is 0 Å². The summed E-state index contributed by atoms with van der Waals surface area (Å²) in [4.78, 5) is 35.2. The number of hydrogen-bond acceptors (Lipinski definition) is 5. The number of carbonyl (C=O) groups excluding carboxylic acids is 2. The van der Waals surface area contributed by atoms with Crippen LogP contribution in [0.15, 0.2) is 36.7 Å². The highest BCUT2D eigenvalue weighted by Crippen LogP contribution is 2.16. The molecule has 0 spiro atoms. The van der Waals surface area contributed by atoms with E-state index in [-0.39, 0.29) is 5.91 Å². The molecule has 3 rings (SSSR count). The number of hydrogen-bond donors (Lipinski definition) is 1. The van der Waals surface area contributed by atoms with E-state index in [1.807, 2.05) is 23.1 Å². The molecule has 7 nitrogen and oxygen atoms in total. The first-order chi connectivity index (χ1) is 12.2. The van der Waals surface area contributed by atoms with Gasteiger partial charge in [0, 0.05) is 43.8 Å². The lowest BCUT2D eigenvalue weighted by Crippen LogP contribution is -2.46. The summed E-state index contributed by atoms with van der Waals surface area (Å²) >= 11 is 6.09. The zero-order valence-corrected chi connectivity index (χ0v) is 14.3. The van der Waals surface area contributed by atoms with Gasteiger partial charge in [0.05, 0.1) is 0 Å². The van der Waals surface area contributed by atoms with Crippen LogP contribution in [-0.2, 0) is 11.3 Å². The lowest BCUT2D eigenvalue weighted by Gasteiger charge is -2.33. The molecular formula is C17H18ClN5O2. The minimum absolute atomic E-state index is 0.282. The zero-order valence-electron chi connectivity index (χ0n) is 13.6. The Morgan fingerprint density at radius 2 is 1.96 bits per heavy atom. The summed E-state index contributed by atoms with van der Waals surface area (Å²) in [6.45, 7) is 2.96. The van der Waals surface area contributed by atoms with Crippen LogP contribution in [0.25, 0.3) is 0 Å². The highest BCUT2D eigenvalue weighted by Gasteiger charge is 2.18. The van der Waals surface area contributed by atoms with Gasteiger partial charge in [-0.1, -0.05) is 29.8 Å². The molecule has 0 radical (unpaired) electrons. The fourth-order valence-corrected chi connectivity index (χ4v) is 2.81. The molecule has 2 aromatic rings. The van der Waals surface area contributed by atoms with Crippen LogP contribution in [0.2, 0.25) is 5.02 Å². The Morgan fingerprint density at radius 3 is 2.68 bits per heavy atom. The average Bonchev–Trinajstić information content (AvgIpc) is 2.67. The van der Waals surface area contributed by atoms with Crippen molar-refractivity contribution >= 4 is 29.7 Å². The van der Waals surface area contributed by atoms with Gasteiger partial charge in [0.25, 0.3) is 5.91 Å². The topological polar surface area (TPSA) is 78.4 Å². The second-order valence-corrected chi connectivity index (χ2v) is 6.07. The van der Waals surface area contributed by atoms with Gasteiger partial charge < -0.3 is 15.1 Å². The van der Waals surface area contributed by atoms with E-state index in [1.54, 1.807) is 17.0 Å². The molecule has 130 valence electrons. The third-order valence-corrected chi connectivity index (χ3v) is 4.44. The third kappa shape index (κ3) is 4.24. The fraction of sp³-hybridized carbons (Fsp3) is 0.294. The summed E-state index contributed by atoms with van der Waals surface area (Å²) in [6, 6.07) is 9.02. The highest BCUT2D eigenvalue weighted by molar-refractivity contribution is 6.31. The van der Waals surface area contributed by atoms with Gasteiger partial charge in [-0.3, -0.25) is 9.59 Å². The number of nitrogens with one attached hydrogen (secondary N) is 1. The zero-order chi connectivity index (χ0) is 17.6. The maximum absolute atomic E-state index is 12.3. The number of benzene rings is 1. The van der Waals surface area contributed by atoms with Crippen LogP contribution in [0.4, 0.5) is 5.82 Å². The van der Waals surface area contributed by atoms with Crippen LogP contribution in [0.1, 0.15) is 16.1 Å². The molecule has 25 heavy (non-hydrogen) atoms. The summed E-state index contributed by atoms with van der Waals surface area (Å²) in [6.07, 6.45) is 2.23. The van der Waals surface area contributed by atoms with Crippen LogP contribution in [0.3, 0.4) is 0 Å². The van der Waals surface area contributed by atoms with E-state index in [0.717, 1.165) is 12.0 Å². The molecule has 0 aliphatic carbocycles. The Balaban J connectivity index is 1.64. The molecule has 1 N–H and O–H groups in total. The van der Waals surface area contributed by atoms with Crippen LogP contribution < -0.4 is 10.2 Å². The van der Waals surface area contributed by atoms with Gasteiger partial charge >= 0.3 is 0 Å². The summed E-state index contributed by atoms with van der Waals surface area (Å²) in [5, 5.41) is 3.43. The van der Waals surface area contributed by atoms with Crippen molar-refractivity contribution in [1.82, 2.24) is 20.2 Å². The molecule has 1 aromatic heterocycles. The molecule has 0 saturated carbocycles. The molecule has 0 bridgehead atoms. The molecule has 8 heteroatoms. The van der Waals surface area contributed by atoms with Gasteiger partial charge in [-0.2, -0.15) is 0 Å². The fourth-order valence-electron chi connectivity index (χ4n) is 2.61. The molecular weight excluding hydrogens is 342 g/mol. The monoisotopic (exact) mass is 359 g/mol. The number of rotatable bonds is 5. The lowest BCUT2D eigenvalue weighted by atomic mass is 10.2. The van der Waals surface area contributed by atoms with Crippen molar-refractivity contribution in [3.05, 3.63) is 52.9 Å². The Morgan fingerprint density at radius 1 is 1.20 bits per heavy atom. The van der Waals surface area contributed by atoms with Crippen molar-refractivity contribution in [2.75, 3.05) is 31.1 Å². The first kappa shape index (κ1) is 17.2. The maximum atomic E-state index is 12.3. The van der Waals surface area contributed by atoms with E-state index in [1.165, 1.54) is 6.33 Å². The lowest BCUT2D eigenvalue weighted by molar-refractivity contribution is -0.118.